The van der Waals surface area contributed by atoms with E-state index in [4.69, 9.17) is 4.42 Å². The maximum absolute atomic E-state index is 10.2. The first-order chi connectivity index (χ1) is 8.16. The third-order valence-corrected chi connectivity index (χ3v) is 3.58. The van der Waals surface area contributed by atoms with Crippen LogP contribution in [-0.4, -0.2) is 10.1 Å². The minimum atomic E-state index is -0.529. The van der Waals surface area contributed by atoms with Crippen LogP contribution in [0.2, 0.25) is 0 Å². The molecule has 2 aromatic rings. The lowest BCUT2D eigenvalue weighted by molar-refractivity contribution is 0.311. The molecule has 1 saturated carbocycles. The quantitative estimate of drug-likeness (QED) is 0.814. The summed E-state index contributed by atoms with van der Waals surface area (Å²) in [5, 5.41) is 19.5. The zero-order valence-electron chi connectivity index (χ0n) is 9.53. The van der Waals surface area contributed by atoms with Crippen LogP contribution >= 0.6 is 0 Å². The fourth-order valence-electron chi connectivity index (χ4n) is 2.45. The zero-order valence-corrected chi connectivity index (χ0v) is 9.53. The van der Waals surface area contributed by atoms with Gasteiger partial charge >= 0.3 is 0 Å². The first kappa shape index (κ1) is 10.2. The van der Waals surface area contributed by atoms with Gasteiger partial charge in [0.25, 0.3) is 0 Å². The fourth-order valence-corrected chi connectivity index (χ4v) is 2.45. The molecule has 17 heavy (non-hydrogen) atoms. The molecule has 1 aliphatic carbocycles. The van der Waals surface area contributed by atoms with Crippen LogP contribution < -0.4 is 0 Å². The Hall–Kier alpha value is -2.02. The van der Waals surface area contributed by atoms with Crippen LogP contribution in [0.4, 0.5) is 0 Å². The Morgan fingerprint density at radius 2 is 2.24 bits per heavy atom. The lowest BCUT2D eigenvalue weighted by Gasteiger charge is -2.35. The summed E-state index contributed by atoms with van der Waals surface area (Å²) in [6.45, 7) is 1.74. The van der Waals surface area contributed by atoms with Crippen LogP contribution in [0, 0.1) is 18.3 Å². The van der Waals surface area contributed by atoms with Gasteiger partial charge < -0.3 is 9.52 Å². The number of aryl methyl sites for hydroxylation is 1. The summed E-state index contributed by atoms with van der Waals surface area (Å²) in [4.78, 5) is 4.16. The van der Waals surface area contributed by atoms with E-state index in [1.165, 1.54) is 0 Å². The molecule has 1 N–H and O–H groups in total. The van der Waals surface area contributed by atoms with Gasteiger partial charge in [0.15, 0.2) is 17.2 Å². The Morgan fingerprint density at radius 3 is 2.82 bits per heavy atom. The third-order valence-electron chi connectivity index (χ3n) is 3.58. The molecule has 0 amide bonds. The monoisotopic (exact) mass is 228 g/mol. The second-order valence-electron chi connectivity index (χ2n) is 4.59. The van der Waals surface area contributed by atoms with E-state index < -0.39 is 5.41 Å². The predicted molar refractivity (Wildman–Crippen MR) is 61.6 cm³/mol. The Labute approximate surface area is 98.5 Å². The second kappa shape index (κ2) is 3.24. The standard InChI is InChI=1S/C13H12N2O2/c1-8-15-10-4-3-9(11(16)12(10)17-8)13(7-14)5-2-6-13/h3-4,16H,2,5-6H2,1H3. The molecule has 1 aromatic carbocycles. The molecular formula is C13H12N2O2. The Bertz CT molecular complexity index is 633. The summed E-state index contributed by atoms with van der Waals surface area (Å²) in [5.74, 6) is 0.594. The minimum Gasteiger partial charge on any atom is -0.504 e. The van der Waals surface area contributed by atoms with Crippen molar-refractivity contribution < 1.29 is 9.52 Å². The van der Waals surface area contributed by atoms with E-state index in [9.17, 15) is 10.4 Å². The van der Waals surface area contributed by atoms with Gasteiger partial charge in [0, 0.05) is 12.5 Å². The van der Waals surface area contributed by atoms with E-state index in [0.717, 1.165) is 19.3 Å². The normalized spacial score (nSPS) is 17.6. The molecule has 1 aromatic heterocycles. The molecule has 0 spiro atoms. The van der Waals surface area contributed by atoms with Gasteiger partial charge in [-0.15, -0.1) is 0 Å². The van der Waals surface area contributed by atoms with E-state index in [1.54, 1.807) is 19.1 Å². The van der Waals surface area contributed by atoms with Crippen molar-refractivity contribution in [3.8, 4) is 11.8 Å². The number of phenolic OH excluding ortho intramolecular Hbond substituents is 1. The lowest BCUT2D eigenvalue weighted by Crippen LogP contribution is -2.32. The average Bonchev–Trinajstić information content (AvgIpc) is 2.62. The Balaban J connectivity index is 2.25. The van der Waals surface area contributed by atoms with Crippen molar-refractivity contribution in [2.24, 2.45) is 0 Å². The highest BCUT2D eigenvalue weighted by Gasteiger charge is 2.41. The summed E-state index contributed by atoms with van der Waals surface area (Å²) in [6.07, 6.45) is 2.63. The second-order valence-corrected chi connectivity index (χ2v) is 4.59. The number of aromatic nitrogens is 1. The van der Waals surface area contributed by atoms with Crippen molar-refractivity contribution in [3.05, 3.63) is 23.6 Å². The molecule has 0 saturated heterocycles. The predicted octanol–water partition coefficient (Wildman–Crippen LogP) is 2.79. The van der Waals surface area contributed by atoms with Gasteiger partial charge in [0.2, 0.25) is 0 Å². The van der Waals surface area contributed by atoms with E-state index >= 15 is 0 Å². The van der Waals surface area contributed by atoms with Crippen LogP contribution in [0.3, 0.4) is 0 Å². The average molecular weight is 228 g/mol. The van der Waals surface area contributed by atoms with Crippen molar-refractivity contribution >= 4 is 11.1 Å². The van der Waals surface area contributed by atoms with Gasteiger partial charge in [-0.05, 0) is 25.3 Å². The number of nitrogens with zero attached hydrogens (tertiary/aromatic N) is 2. The molecule has 1 heterocycles. The number of aromatic hydroxyl groups is 1. The van der Waals surface area contributed by atoms with Gasteiger partial charge in [-0.25, -0.2) is 4.98 Å². The van der Waals surface area contributed by atoms with Crippen molar-refractivity contribution in [2.45, 2.75) is 31.6 Å². The number of oxazole rings is 1. The van der Waals surface area contributed by atoms with Gasteiger partial charge in [-0.1, -0.05) is 6.07 Å². The molecule has 0 radical (unpaired) electrons. The number of hydrogen-bond donors (Lipinski definition) is 1. The summed E-state index contributed by atoms with van der Waals surface area (Å²) in [6, 6.07) is 5.92. The van der Waals surface area contributed by atoms with E-state index in [-0.39, 0.29) is 5.75 Å². The molecule has 3 rings (SSSR count). The van der Waals surface area contributed by atoms with Gasteiger partial charge in [-0.3, -0.25) is 0 Å². The highest BCUT2D eigenvalue weighted by Crippen LogP contribution is 2.48. The van der Waals surface area contributed by atoms with Gasteiger partial charge in [0.1, 0.15) is 5.52 Å². The number of benzene rings is 1. The van der Waals surface area contributed by atoms with Crippen LogP contribution in [-0.2, 0) is 5.41 Å². The summed E-state index contributed by atoms with van der Waals surface area (Å²) in [5.41, 5.74) is 1.17. The SMILES string of the molecule is Cc1nc2ccc(C3(C#N)CCC3)c(O)c2o1. The highest BCUT2D eigenvalue weighted by molar-refractivity contribution is 5.81. The van der Waals surface area contributed by atoms with E-state index in [0.29, 0.717) is 22.6 Å². The Morgan fingerprint density at radius 1 is 1.47 bits per heavy atom. The number of fused-ring (bicyclic) bond motifs is 1. The first-order valence-electron chi connectivity index (χ1n) is 5.67. The largest absolute Gasteiger partial charge is 0.504 e. The summed E-state index contributed by atoms with van der Waals surface area (Å²) < 4.78 is 5.38. The van der Waals surface area contributed by atoms with Crippen LogP contribution in [0.5, 0.6) is 5.75 Å². The molecule has 4 nitrogen and oxygen atoms in total. The number of nitriles is 1. The molecule has 0 bridgehead atoms. The van der Waals surface area contributed by atoms with Crippen molar-refractivity contribution in [2.75, 3.05) is 0 Å². The van der Waals surface area contributed by atoms with Crippen LogP contribution in [0.15, 0.2) is 16.5 Å². The lowest BCUT2D eigenvalue weighted by atomic mass is 9.65. The molecule has 0 unspecified atom stereocenters. The highest BCUT2D eigenvalue weighted by atomic mass is 16.4. The molecule has 0 atom stereocenters. The fraction of sp³-hybridized carbons (Fsp3) is 0.385. The smallest absolute Gasteiger partial charge is 0.196 e. The molecule has 0 aliphatic heterocycles. The minimum absolute atomic E-state index is 0.0735. The van der Waals surface area contributed by atoms with Crippen LogP contribution in [0.25, 0.3) is 11.1 Å². The molecule has 86 valence electrons. The molecule has 4 heteroatoms. The van der Waals surface area contributed by atoms with E-state index in [1.807, 2.05) is 0 Å². The zero-order chi connectivity index (χ0) is 12.0. The third kappa shape index (κ3) is 1.26. The summed E-state index contributed by atoms with van der Waals surface area (Å²) in [7, 11) is 0. The van der Waals surface area contributed by atoms with Crippen molar-refractivity contribution in [1.82, 2.24) is 4.98 Å². The number of rotatable bonds is 1. The van der Waals surface area contributed by atoms with Crippen LogP contribution in [0.1, 0.15) is 30.7 Å². The summed E-state index contributed by atoms with van der Waals surface area (Å²) >= 11 is 0. The number of hydrogen-bond acceptors (Lipinski definition) is 4. The molecular weight excluding hydrogens is 216 g/mol. The van der Waals surface area contributed by atoms with Gasteiger partial charge in [0.05, 0.1) is 11.5 Å². The molecule has 1 aliphatic rings. The molecule has 1 fully saturated rings. The van der Waals surface area contributed by atoms with E-state index in [2.05, 4.69) is 11.1 Å². The van der Waals surface area contributed by atoms with Crippen molar-refractivity contribution in [1.29, 1.82) is 5.26 Å². The number of phenols is 1. The first-order valence-corrected chi connectivity index (χ1v) is 5.67. The Kier molecular flexibility index (Phi) is 1.93. The van der Waals surface area contributed by atoms with Gasteiger partial charge in [-0.2, -0.15) is 5.26 Å². The maximum Gasteiger partial charge on any atom is 0.196 e. The van der Waals surface area contributed by atoms with Crippen molar-refractivity contribution in [3.63, 3.8) is 0 Å². The maximum atomic E-state index is 10.2. The topological polar surface area (TPSA) is 70.0 Å².